The van der Waals surface area contributed by atoms with Crippen LogP contribution in [-0.4, -0.2) is 10.4 Å². The first-order chi connectivity index (χ1) is 6.65. The average molecular weight is 254 g/mol. The van der Waals surface area contributed by atoms with Gasteiger partial charge in [-0.15, -0.1) is 0 Å². The van der Waals surface area contributed by atoms with Crippen molar-refractivity contribution in [2.24, 2.45) is 0 Å². The van der Waals surface area contributed by atoms with E-state index in [2.05, 4.69) is 15.9 Å². The van der Waals surface area contributed by atoms with Gasteiger partial charge in [0, 0.05) is 29.2 Å². The van der Waals surface area contributed by atoms with Gasteiger partial charge in [-0.1, -0.05) is 0 Å². The first kappa shape index (κ1) is 9.27. The van der Waals surface area contributed by atoms with Gasteiger partial charge in [-0.25, -0.2) is 0 Å². The van der Waals surface area contributed by atoms with Crippen molar-refractivity contribution >= 4 is 27.4 Å². The Morgan fingerprint density at radius 1 is 1.43 bits per heavy atom. The van der Waals surface area contributed by atoms with Crippen molar-refractivity contribution in [1.29, 1.82) is 0 Å². The number of hydrogen-bond donors (Lipinski definition) is 0. The van der Waals surface area contributed by atoms with Gasteiger partial charge in [-0.2, -0.15) is 0 Å². The van der Waals surface area contributed by atoms with Crippen LogP contribution in [0.2, 0.25) is 0 Å². The normalized spacial score (nSPS) is 10.4. The predicted octanol–water partition coefficient (Wildman–Crippen LogP) is 2.63. The summed E-state index contributed by atoms with van der Waals surface area (Å²) in [5.41, 5.74) is 0.990. The first-order valence-electron chi connectivity index (χ1n) is 4.11. The van der Waals surface area contributed by atoms with Crippen LogP contribution in [0.4, 0.5) is 0 Å². The molecule has 0 bridgehead atoms. The number of fused-ring (bicyclic) bond motifs is 1. The molecule has 0 saturated carbocycles. The molecule has 0 N–H and O–H groups in total. The largest absolute Gasteiger partial charge is 0.425 e. The highest BCUT2D eigenvalue weighted by Crippen LogP contribution is 2.19. The quantitative estimate of drug-likeness (QED) is 0.732. The van der Waals surface area contributed by atoms with Crippen molar-refractivity contribution in [1.82, 2.24) is 4.40 Å². The molecule has 0 amide bonds. The molecular formula is C10H8BrNO2. The maximum absolute atomic E-state index is 10.7. The molecule has 2 rings (SSSR count). The van der Waals surface area contributed by atoms with E-state index in [9.17, 15) is 4.79 Å². The summed E-state index contributed by atoms with van der Waals surface area (Å²) in [6, 6.07) is 5.69. The summed E-state index contributed by atoms with van der Waals surface area (Å²) in [5, 5.41) is 0. The Balaban J connectivity index is 2.46. The summed E-state index contributed by atoms with van der Waals surface area (Å²) >= 11 is 3.36. The fourth-order valence-corrected chi connectivity index (χ4v) is 1.63. The molecule has 0 aliphatic rings. The maximum atomic E-state index is 10.7. The molecule has 0 saturated heterocycles. The molecule has 0 spiro atoms. The molecule has 0 radical (unpaired) electrons. The highest BCUT2D eigenvalue weighted by molar-refractivity contribution is 9.10. The van der Waals surface area contributed by atoms with Gasteiger partial charge in [0.05, 0.1) is 6.20 Å². The molecule has 3 nitrogen and oxygen atoms in total. The summed E-state index contributed by atoms with van der Waals surface area (Å²) < 4.78 is 7.84. The van der Waals surface area contributed by atoms with E-state index >= 15 is 0 Å². The van der Waals surface area contributed by atoms with Crippen LogP contribution < -0.4 is 4.74 Å². The SMILES string of the molecule is CC(=O)Oc1cc2ccc(Br)cn2c1. The van der Waals surface area contributed by atoms with E-state index in [0.29, 0.717) is 5.75 Å². The smallest absolute Gasteiger partial charge is 0.308 e. The molecule has 0 aromatic carbocycles. The Labute approximate surface area is 89.4 Å². The number of carbonyl (C=O) groups excluding carboxylic acids is 1. The Morgan fingerprint density at radius 3 is 2.93 bits per heavy atom. The standard InChI is InChI=1S/C10H8BrNO2/c1-7(13)14-10-4-9-3-2-8(11)5-12(9)6-10/h2-6H,1H3. The molecule has 0 unspecified atom stereocenters. The highest BCUT2D eigenvalue weighted by atomic mass is 79.9. The second-order valence-corrected chi connectivity index (χ2v) is 3.86. The van der Waals surface area contributed by atoms with E-state index in [1.54, 1.807) is 6.20 Å². The van der Waals surface area contributed by atoms with Crippen LogP contribution in [-0.2, 0) is 4.79 Å². The molecule has 4 heteroatoms. The van der Waals surface area contributed by atoms with Gasteiger partial charge in [0.25, 0.3) is 0 Å². The van der Waals surface area contributed by atoms with E-state index in [-0.39, 0.29) is 5.97 Å². The van der Waals surface area contributed by atoms with Crippen LogP contribution in [0.15, 0.2) is 35.1 Å². The van der Waals surface area contributed by atoms with Crippen LogP contribution in [0.5, 0.6) is 5.75 Å². The number of carbonyl (C=O) groups is 1. The summed E-state index contributed by atoms with van der Waals surface area (Å²) in [6.45, 7) is 1.39. The highest BCUT2D eigenvalue weighted by Gasteiger charge is 2.02. The summed E-state index contributed by atoms with van der Waals surface area (Å²) in [4.78, 5) is 10.7. The number of nitrogens with zero attached hydrogens (tertiary/aromatic N) is 1. The lowest BCUT2D eigenvalue weighted by molar-refractivity contribution is -0.131. The number of aromatic nitrogens is 1. The average Bonchev–Trinajstić information content (AvgIpc) is 2.44. The number of ether oxygens (including phenoxy) is 1. The van der Waals surface area contributed by atoms with Gasteiger partial charge in [0.2, 0.25) is 0 Å². The molecule has 0 fully saturated rings. The van der Waals surface area contributed by atoms with E-state index in [1.807, 2.05) is 28.8 Å². The summed E-state index contributed by atoms with van der Waals surface area (Å²) in [5.74, 6) is 0.260. The minimum absolute atomic E-state index is 0.306. The number of esters is 1. The summed E-state index contributed by atoms with van der Waals surface area (Å²) in [7, 11) is 0. The minimum atomic E-state index is -0.306. The third-order valence-corrected chi connectivity index (χ3v) is 2.26. The first-order valence-corrected chi connectivity index (χ1v) is 4.90. The van der Waals surface area contributed by atoms with Gasteiger partial charge >= 0.3 is 5.97 Å². The second kappa shape index (κ2) is 3.46. The Bertz CT molecular complexity index is 490. The number of hydrogen-bond acceptors (Lipinski definition) is 2. The van der Waals surface area contributed by atoms with Crippen LogP contribution in [0.3, 0.4) is 0 Å². The van der Waals surface area contributed by atoms with Gasteiger partial charge < -0.3 is 9.14 Å². The van der Waals surface area contributed by atoms with Crippen molar-refractivity contribution in [2.45, 2.75) is 6.92 Å². The maximum Gasteiger partial charge on any atom is 0.308 e. The van der Waals surface area contributed by atoms with Crippen molar-refractivity contribution in [3.63, 3.8) is 0 Å². The van der Waals surface area contributed by atoms with Crippen molar-refractivity contribution in [2.75, 3.05) is 0 Å². The Hall–Kier alpha value is -1.29. The minimum Gasteiger partial charge on any atom is -0.425 e. The second-order valence-electron chi connectivity index (χ2n) is 2.95. The molecule has 72 valence electrons. The molecule has 2 aromatic rings. The van der Waals surface area contributed by atoms with Crippen molar-refractivity contribution < 1.29 is 9.53 Å². The van der Waals surface area contributed by atoms with Crippen LogP contribution in [0.25, 0.3) is 5.52 Å². The fraction of sp³-hybridized carbons (Fsp3) is 0.100. The van der Waals surface area contributed by atoms with Crippen LogP contribution in [0, 0.1) is 0 Å². The monoisotopic (exact) mass is 253 g/mol. The van der Waals surface area contributed by atoms with Crippen molar-refractivity contribution in [3.05, 3.63) is 35.1 Å². The number of halogens is 1. The molecule has 0 aliphatic heterocycles. The lowest BCUT2D eigenvalue weighted by Gasteiger charge is -1.94. The molecule has 0 aliphatic carbocycles. The third kappa shape index (κ3) is 1.80. The van der Waals surface area contributed by atoms with Gasteiger partial charge in [0.15, 0.2) is 0 Å². The topological polar surface area (TPSA) is 30.7 Å². The molecule has 2 aromatic heterocycles. The van der Waals surface area contributed by atoms with Gasteiger partial charge in [-0.05, 0) is 28.1 Å². The Morgan fingerprint density at radius 2 is 2.21 bits per heavy atom. The predicted molar refractivity (Wildman–Crippen MR) is 56.4 cm³/mol. The van der Waals surface area contributed by atoms with E-state index in [0.717, 1.165) is 9.99 Å². The molecule has 0 atom stereocenters. The number of pyridine rings is 1. The molecule has 14 heavy (non-hydrogen) atoms. The molecule has 2 heterocycles. The summed E-state index contributed by atoms with van der Waals surface area (Å²) in [6.07, 6.45) is 3.67. The lowest BCUT2D eigenvalue weighted by Crippen LogP contribution is -1.99. The van der Waals surface area contributed by atoms with Crippen molar-refractivity contribution in [3.8, 4) is 5.75 Å². The number of rotatable bonds is 1. The zero-order chi connectivity index (χ0) is 10.1. The molecular weight excluding hydrogens is 246 g/mol. The van der Waals surface area contributed by atoms with Crippen LogP contribution in [0.1, 0.15) is 6.92 Å². The lowest BCUT2D eigenvalue weighted by atomic mass is 10.4. The van der Waals surface area contributed by atoms with Gasteiger partial charge in [0.1, 0.15) is 5.75 Å². The zero-order valence-corrected chi connectivity index (χ0v) is 9.11. The van der Waals surface area contributed by atoms with Gasteiger partial charge in [-0.3, -0.25) is 4.79 Å². The van der Waals surface area contributed by atoms with E-state index < -0.39 is 0 Å². The zero-order valence-electron chi connectivity index (χ0n) is 7.53. The Kier molecular flexibility index (Phi) is 2.29. The van der Waals surface area contributed by atoms with Crippen LogP contribution >= 0.6 is 15.9 Å². The van der Waals surface area contributed by atoms with E-state index in [4.69, 9.17) is 4.74 Å². The third-order valence-electron chi connectivity index (χ3n) is 1.79. The fourth-order valence-electron chi connectivity index (χ4n) is 1.28. The van der Waals surface area contributed by atoms with E-state index in [1.165, 1.54) is 6.92 Å².